The van der Waals surface area contributed by atoms with Crippen LogP contribution in [0.5, 0.6) is 0 Å². The summed E-state index contributed by atoms with van der Waals surface area (Å²) >= 11 is 0. The van der Waals surface area contributed by atoms with Gasteiger partial charge >= 0.3 is 5.63 Å². The summed E-state index contributed by atoms with van der Waals surface area (Å²) in [6.07, 6.45) is 0.981. The lowest BCUT2D eigenvalue weighted by Gasteiger charge is -2.42. The minimum atomic E-state index is -0.472. The Kier molecular flexibility index (Phi) is 4.82. The molecule has 0 saturated carbocycles. The Morgan fingerprint density at radius 1 is 0.943 bits per heavy atom. The van der Waals surface area contributed by atoms with E-state index in [1.807, 2.05) is 49.3 Å². The van der Waals surface area contributed by atoms with Gasteiger partial charge in [-0.25, -0.2) is 4.79 Å². The van der Waals surface area contributed by atoms with E-state index in [4.69, 9.17) is 8.83 Å². The number of piperidine rings is 1. The molecule has 0 aliphatic carbocycles. The highest BCUT2D eigenvalue weighted by Crippen LogP contribution is 2.36. The zero-order valence-corrected chi connectivity index (χ0v) is 20.4. The van der Waals surface area contributed by atoms with Gasteiger partial charge in [0.2, 0.25) is 5.91 Å². The molecule has 1 amide bonds. The number of aromatic nitrogens is 1. The summed E-state index contributed by atoms with van der Waals surface area (Å²) in [6, 6.07) is 7.38. The molecule has 3 aromatic heterocycles. The van der Waals surface area contributed by atoms with Gasteiger partial charge in [-0.2, -0.15) is 0 Å². The lowest BCUT2D eigenvalue weighted by Crippen LogP contribution is -2.49. The number of pyridine rings is 1. The second-order valence-corrected chi connectivity index (χ2v) is 10.2. The summed E-state index contributed by atoms with van der Waals surface area (Å²) in [6.45, 7) is 9.52. The number of nitrogens with zero attached hydrogens (tertiary/aromatic N) is 2. The number of rotatable bonds is 2. The van der Waals surface area contributed by atoms with E-state index in [2.05, 4.69) is 0 Å². The van der Waals surface area contributed by atoms with Crippen LogP contribution in [0.25, 0.3) is 21.9 Å². The smallest absolute Gasteiger partial charge is 0.340 e. The van der Waals surface area contributed by atoms with Gasteiger partial charge in [-0.3, -0.25) is 9.59 Å². The molecule has 7 heteroatoms. The minimum Gasteiger partial charge on any atom is -0.461 e. The number of hydrogen-bond donors (Lipinski definition) is 0. The van der Waals surface area contributed by atoms with E-state index in [1.54, 1.807) is 12.1 Å². The maximum absolute atomic E-state index is 13.4. The number of carbonyl (C=O) groups is 1. The normalized spacial score (nSPS) is 19.4. The molecule has 4 aromatic rings. The summed E-state index contributed by atoms with van der Waals surface area (Å²) in [5.74, 6) is 1.14. The quantitative estimate of drug-likeness (QED) is 0.410. The third-order valence-electron chi connectivity index (χ3n) is 8.10. The molecular formula is C28H28N2O5. The van der Waals surface area contributed by atoms with E-state index in [0.717, 1.165) is 50.9 Å². The highest BCUT2D eigenvalue weighted by atomic mass is 16.4. The molecule has 2 aliphatic heterocycles. The maximum atomic E-state index is 13.4. The molecule has 7 nitrogen and oxygen atoms in total. The van der Waals surface area contributed by atoms with Gasteiger partial charge in [0, 0.05) is 53.6 Å². The number of likely N-dealkylation sites (tertiary alicyclic amines) is 1. The van der Waals surface area contributed by atoms with Crippen molar-refractivity contribution in [3.8, 4) is 0 Å². The predicted molar refractivity (Wildman–Crippen MR) is 133 cm³/mol. The van der Waals surface area contributed by atoms with Crippen LogP contribution in [0, 0.1) is 33.6 Å². The topological polar surface area (TPSA) is 85.7 Å². The van der Waals surface area contributed by atoms with Gasteiger partial charge < -0.3 is 18.3 Å². The van der Waals surface area contributed by atoms with Crippen LogP contribution in [0.4, 0.5) is 0 Å². The number of hydrogen-bond acceptors (Lipinski definition) is 5. The van der Waals surface area contributed by atoms with Gasteiger partial charge in [-0.05, 0) is 63.3 Å². The van der Waals surface area contributed by atoms with Crippen molar-refractivity contribution in [2.75, 3.05) is 13.1 Å². The second-order valence-electron chi connectivity index (χ2n) is 10.2. The fraction of sp³-hybridized carbons (Fsp3) is 0.393. The Hall–Kier alpha value is -3.61. The number of furan rings is 1. The molecule has 0 radical (unpaired) electrons. The molecule has 1 fully saturated rings. The summed E-state index contributed by atoms with van der Waals surface area (Å²) in [5.41, 5.74) is 4.84. The Labute approximate surface area is 201 Å². The summed E-state index contributed by atoms with van der Waals surface area (Å²) in [5, 5.41) is 1.84. The van der Waals surface area contributed by atoms with Crippen molar-refractivity contribution in [2.24, 2.45) is 5.92 Å². The largest absolute Gasteiger partial charge is 0.461 e. The van der Waals surface area contributed by atoms with Crippen LogP contribution in [0.15, 0.2) is 42.7 Å². The third-order valence-corrected chi connectivity index (χ3v) is 8.10. The molecule has 0 spiro atoms. The molecule has 1 aromatic carbocycles. The zero-order chi connectivity index (χ0) is 24.6. The molecule has 2 atom stereocenters. The Bertz CT molecular complexity index is 1650. The van der Waals surface area contributed by atoms with Crippen LogP contribution in [0.1, 0.15) is 46.0 Å². The Morgan fingerprint density at radius 3 is 2.49 bits per heavy atom. The molecule has 180 valence electrons. The van der Waals surface area contributed by atoms with Crippen molar-refractivity contribution in [1.82, 2.24) is 9.47 Å². The lowest BCUT2D eigenvalue weighted by atomic mass is 9.83. The van der Waals surface area contributed by atoms with Gasteiger partial charge in [0.05, 0.1) is 12.0 Å². The van der Waals surface area contributed by atoms with Gasteiger partial charge in [0.15, 0.2) is 0 Å². The van der Waals surface area contributed by atoms with E-state index < -0.39 is 5.63 Å². The minimum absolute atomic E-state index is 0.00558. The predicted octanol–water partition coefficient (Wildman–Crippen LogP) is 4.12. The molecule has 2 aliphatic rings. The van der Waals surface area contributed by atoms with Gasteiger partial charge in [0.1, 0.15) is 16.9 Å². The van der Waals surface area contributed by atoms with Crippen molar-refractivity contribution in [2.45, 2.75) is 53.0 Å². The van der Waals surface area contributed by atoms with Crippen molar-refractivity contribution in [1.29, 1.82) is 0 Å². The standard InChI is InChI=1S/C28H28N2O5/c1-14-17(4)34-26-16(3)27-21(9-20(14)26)15(2)22(28(33)35-27)10-25(32)29-11-18-8-19(13-29)23-6-5-7-24(31)30(23)12-18/h5-7,9,18-19H,8,10-13H2,1-4H3. The molecule has 1 saturated heterocycles. The summed E-state index contributed by atoms with van der Waals surface area (Å²) in [4.78, 5) is 40.6. The average molecular weight is 473 g/mol. The van der Waals surface area contributed by atoms with Crippen LogP contribution in [-0.2, 0) is 17.8 Å². The second kappa shape index (κ2) is 7.70. The maximum Gasteiger partial charge on any atom is 0.340 e. The highest BCUT2D eigenvalue weighted by Gasteiger charge is 2.36. The monoisotopic (exact) mass is 472 g/mol. The van der Waals surface area contributed by atoms with E-state index in [0.29, 0.717) is 30.8 Å². The zero-order valence-electron chi connectivity index (χ0n) is 20.4. The molecule has 0 N–H and O–H groups in total. The number of carbonyl (C=O) groups excluding carboxylic acids is 1. The molecule has 35 heavy (non-hydrogen) atoms. The van der Waals surface area contributed by atoms with E-state index in [1.165, 1.54) is 0 Å². The average Bonchev–Trinajstić information content (AvgIpc) is 3.12. The lowest BCUT2D eigenvalue weighted by molar-refractivity contribution is -0.133. The first kappa shape index (κ1) is 21.9. The van der Waals surface area contributed by atoms with Crippen molar-refractivity contribution >= 4 is 27.8 Å². The molecule has 2 unspecified atom stereocenters. The number of aryl methyl sites for hydroxylation is 4. The molecular weight excluding hydrogens is 444 g/mol. The van der Waals surface area contributed by atoms with Crippen molar-refractivity contribution in [3.63, 3.8) is 0 Å². The van der Waals surface area contributed by atoms with Crippen LogP contribution in [-0.4, -0.2) is 28.5 Å². The molecule has 2 bridgehead atoms. The number of amides is 1. The summed E-state index contributed by atoms with van der Waals surface area (Å²) < 4.78 is 13.5. The first-order chi connectivity index (χ1) is 16.7. The fourth-order valence-corrected chi connectivity index (χ4v) is 6.06. The van der Waals surface area contributed by atoms with E-state index >= 15 is 0 Å². The third kappa shape index (κ3) is 3.28. The Balaban J connectivity index is 1.35. The van der Waals surface area contributed by atoms with Crippen molar-refractivity contribution in [3.05, 3.63) is 78.7 Å². The molecule has 5 heterocycles. The van der Waals surface area contributed by atoms with Crippen molar-refractivity contribution < 1.29 is 13.6 Å². The van der Waals surface area contributed by atoms with Crippen LogP contribution < -0.4 is 11.2 Å². The molecule has 6 rings (SSSR count). The SMILES string of the molecule is Cc1oc2c(C)c3oc(=O)c(CC(=O)N4CC5CC(C4)c4cccc(=O)n4C5)c(C)c3cc2c1C. The summed E-state index contributed by atoms with van der Waals surface area (Å²) in [7, 11) is 0. The van der Waals surface area contributed by atoms with Crippen LogP contribution in [0.3, 0.4) is 0 Å². The van der Waals surface area contributed by atoms with E-state index in [9.17, 15) is 14.4 Å². The van der Waals surface area contributed by atoms with Gasteiger partial charge in [-0.1, -0.05) is 6.07 Å². The number of benzene rings is 1. The van der Waals surface area contributed by atoms with Gasteiger partial charge in [-0.15, -0.1) is 0 Å². The van der Waals surface area contributed by atoms with Crippen LogP contribution in [0.2, 0.25) is 0 Å². The van der Waals surface area contributed by atoms with Gasteiger partial charge in [0.25, 0.3) is 5.56 Å². The van der Waals surface area contributed by atoms with E-state index in [-0.39, 0.29) is 29.7 Å². The first-order valence-corrected chi connectivity index (χ1v) is 12.2. The van der Waals surface area contributed by atoms with Crippen LogP contribution >= 0.6 is 0 Å². The highest BCUT2D eigenvalue weighted by molar-refractivity contribution is 6.00. The number of fused-ring (bicyclic) bond motifs is 6. The first-order valence-electron chi connectivity index (χ1n) is 12.2. The Morgan fingerprint density at radius 2 is 1.69 bits per heavy atom. The fourth-order valence-electron chi connectivity index (χ4n) is 6.06.